The van der Waals surface area contributed by atoms with Crippen LogP contribution in [0.1, 0.15) is 27.8 Å². The van der Waals surface area contributed by atoms with E-state index < -0.39 is 0 Å². The predicted octanol–water partition coefficient (Wildman–Crippen LogP) is 4.81. The Morgan fingerprint density at radius 1 is 0.882 bits per heavy atom. The number of aryl methyl sites for hydroxylation is 3. The molecule has 0 aromatic heterocycles. The van der Waals surface area contributed by atoms with Crippen molar-refractivity contribution in [2.45, 2.75) is 27.2 Å². The van der Waals surface area contributed by atoms with Gasteiger partial charge in [-0.15, -0.1) is 0 Å². The second kappa shape index (κ2) is 5.21. The molecule has 0 unspecified atom stereocenters. The minimum Gasteiger partial charge on any atom is -0.0620 e. The molecule has 2 rings (SSSR count). The van der Waals surface area contributed by atoms with Crippen LogP contribution in [0.3, 0.4) is 0 Å². The van der Waals surface area contributed by atoms with Crippen LogP contribution in [-0.4, -0.2) is 0 Å². The van der Waals surface area contributed by atoms with E-state index >= 15 is 0 Å². The van der Waals surface area contributed by atoms with Gasteiger partial charge in [0.15, 0.2) is 0 Å². The maximum Gasteiger partial charge on any atom is 0.0188 e. The van der Waals surface area contributed by atoms with E-state index in [-0.39, 0.29) is 0 Å². The maximum atomic E-state index is 2.42. The molecule has 2 aromatic rings. The molecule has 0 radical (unpaired) electrons. The number of rotatable bonds is 2. The van der Waals surface area contributed by atoms with Gasteiger partial charge in [-0.05, 0) is 77.6 Å². The SMILES string of the molecule is Cc1ccccc1Cc1cc(C)c(I)c(C)c1. The lowest BCUT2D eigenvalue weighted by molar-refractivity contribution is 1.13. The Morgan fingerprint density at radius 3 is 2.06 bits per heavy atom. The number of hydrogen-bond acceptors (Lipinski definition) is 0. The molecule has 0 atom stereocenters. The molecule has 0 bridgehead atoms. The first-order valence-electron chi connectivity index (χ1n) is 5.88. The van der Waals surface area contributed by atoms with Crippen molar-refractivity contribution < 1.29 is 0 Å². The zero-order chi connectivity index (χ0) is 12.4. The molecule has 1 heteroatoms. The molecular formula is C16H17I. The lowest BCUT2D eigenvalue weighted by Gasteiger charge is -2.10. The molecule has 17 heavy (non-hydrogen) atoms. The van der Waals surface area contributed by atoms with Crippen LogP contribution in [0.25, 0.3) is 0 Å². The first kappa shape index (κ1) is 12.6. The average Bonchev–Trinajstić information content (AvgIpc) is 2.29. The van der Waals surface area contributed by atoms with Crippen molar-refractivity contribution in [2.24, 2.45) is 0 Å². The molecule has 0 nitrogen and oxygen atoms in total. The van der Waals surface area contributed by atoms with Gasteiger partial charge in [0.25, 0.3) is 0 Å². The Kier molecular flexibility index (Phi) is 3.87. The fourth-order valence-corrected chi connectivity index (χ4v) is 2.48. The summed E-state index contributed by atoms with van der Waals surface area (Å²) in [5.74, 6) is 0. The van der Waals surface area contributed by atoms with Gasteiger partial charge in [-0.1, -0.05) is 36.4 Å². The van der Waals surface area contributed by atoms with Crippen molar-refractivity contribution in [1.82, 2.24) is 0 Å². The fourth-order valence-electron chi connectivity index (χ4n) is 2.17. The van der Waals surface area contributed by atoms with E-state index in [0.717, 1.165) is 6.42 Å². The maximum absolute atomic E-state index is 2.42. The van der Waals surface area contributed by atoms with E-state index in [1.807, 2.05) is 0 Å². The van der Waals surface area contributed by atoms with Gasteiger partial charge in [0.2, 0.25) is 0 Å². The van der Waals surface area contributed by atoms with Gasteiger partial charge >= 0.3 is 0 Å². The van der Waals surface area contributed by atoms with Gasteiger partial charge in [-0.3, -0.25) is 0 Å². The standard InChI is InChI=1S/C16H17I/c1-11-6-4-5-7-15(11)10-14-8-12(2)16(17)13(3)9-14/h4-9H,10H2,1-3H3. The quantitative estimate of drug-likeness (QED) is 0.691. The summed E-state index contributed by atoms with van der Waals surface area (Å²) in [6, 6.07) is 13.2. The average molecular weight is 336 g/mol. The third kappa shape index (κ3) is 2.89. The Labute approximate surface area is 117 Å². The van der Waals surface area contributed by atoms with Crippen molar-refractivity contribution in [3.8, 4) is 0 Å². The summed E-state index contributed by atoms with van der Waals surface area (Å²) in [5, 5.41) is 0. The second-order valence-corrected chi connectivity index (χ2v) is 5.73. The van der Waals surface area contributed by atoms with Crippen LogP contribution in [0.2, 0.25) is 0 Å². The van der Waals surface area contributed by atoms with Crippen LogP contribution in [-0.2, 0) is 6.42 Å². The van der Waals surface area contributed by atoms with Gasteiger partial charge in [-0.2, -0.15) is 0 Å². The third-order valence-corrected chi connectivity index (χ3v) is 4.85. The molecule has 0 saturated heterocycles. The number of hydrogen-bond donors (Lipinski definition) is 0. The topological polar surface area (TPSA) is 0 Å². The van der Waals surface area contributed by atoms with Crippen molar-refractivity contribution >= 4 is 22.6 Å². The smallest absolute Gasteiger partial charge is 0.0188 e. The molecule has 0 aliphatic heterocycles. The van der Waals surface area contributed by atoms with Gasteiger partial charge in [0, 0.05) is 3.57 Å². The molecule has 0 aliphatic carbocycles. The van der Waals surface area contributed by atoms with E-state index in [9.17, 15) is 0 Å². The van der Waals surface area contributed by atoms with Crippen LogP contribution in [0.15, 0.2) is 36.4 Å². The largest absolute Gasteiger partial charge is 0.0620 e. The van der Waals surface area contributed by atoms with Crippen LogP contribution in [0, 0.1) is 24.3 Å². The minimum atomic E-state index is 1.03. The summed E-state index contributed by atoms with van der Waals surface area (Å²) in [4.78, 5) is 0. The third-order valence-electron chi connectivity index (χ3n) is 3.15. The molecule has 0 spiro atoms. The van der Waals surface area contributed by atoms with E-state index in [4.69, 9.17) is 0 Å². The molecular weight excluding hydrogens is 319 g/mol. The van der Waals surface area contributed by atoms with E-state index in [1.54, 1.807) is 0 Å². The summed E-state index contributed by atoms with van der Waals surface area (Å²) in [6.07, 6.45) is 1.03. The Morgan fingerprint density at radius 2 is 1.47 bits per heavy atom. The fraction of sp³-hybridized carbons (Fsp3) is 0.250. The highest BCUT2D eigenvalue weighted by Crippen LogP contribution is 2.21. The highest BCUT2D eigenvalue weighted by Gasteiger charge is 2.04. The summed E-state index contributed by atoms with van der Waals surface area (Å²) >= 11 is 2.42. The molecule has 0 fully saturated rings. The molecule has 0 amide bonds. The zero-order valence-corrected chi connectivity index (χ0v) is 12.7. The summed E-state index contributed by atoms with van der Waals surface area (Å²) in [5.41, 5.74) is 6.98. The second-order valence-electron chi connectivity index (χ2n) is 4.65. The van der Waals surface area contributed by atoms with Crippen LogP contribution in [0.5, 0.6) is 0 Å². The predicted molar refractivity (Wildman–Crippen MR) is 82.6 cm³/mol. The van der Waals surface area contributed by atoms with Gasteiger partial charge < -0.3 is 0 Å². The number of halogens is 1. The van der Waals surface area contributed by atoms with E-state index in [2.05, 4.69) is 79.8 Å². The first-order valence-corrected chi connectivity index (χ1v) is 6.96. The summed E-state index contributed by atoms with van der Waals surface area (Å²) in [6.45, 7) is 6.56. The van der Waals surface area contributed by atoms with E-state index in [0.29, 0.717) is 0 Å². The van der Waals surface area contributed by atoms with Crippen LogP contribution >= 0.6 is 22.6 Å². The lowest BCUT2D eigenvalue weighted by Crippen LogP contribution is -1.95. The van der Waals surface area contributed by atoms with E-state index in [1.165, 1.54) is 31.4 Å². The highest BCUT2D eigenvalue weighted by molar-refractivity contribution is 14.1. The summed E-state index contributed by atoms with van der Waals surface area (Å²) in [7, 11) is 0. The van der Waals surface area contributed by atoms with Crippen molar-refractivity contribution in [3.05, 3.63) is 67.8 Å². The normalized spacial score (nSPS) is 10.6. The molecule has 0 heterocycles. The minimum absolute atomic E-state index is 1.03. The summed E-state index contributed by atoms with van der Waals surface area (Å²) < 4.78 is 1.39. The van der Waals surface area contributed by atoms with Crippen molar-refractivity contribution in [2.75, 3.05) is 0 Å². The Hall–Kier alpha value is -0.830. The Balaban J connectivity index is 2.34. The van der Waals surface area contributed by atoms with Crippen molar-refractivity contribution in [3.63, 3.8) is 0 Å². The van der Waals surface area contributed by atoms with Crippen molar-refractivity contribution in [1.29, 1.82) is 0 Å². The first-order chi connectivity index (χ1) is 8.08. The van der Waals surface area contributed by atoms with Gasteiger partial charge in [0.1, 0.15) is 0 Å². The Bertz CT molecular complexity index is 518. The zero-order valence-electron chi connectivity index (χ0n) is 10.5. The monoisotopic (exact) mass is 336 g/mol. The van der Waals surface area contributed by atoms with Gasteiger partial charge in [0.05, 0.1) is 0 Å². The molecule has 0 aliphatic rings. The molecule has 88 valence electrons. The van der Waals surface area contributed by atoms with Crippen LogP contribution < -0.4 is 0 Å². The highest BCUT2D eigenvalue weighted by atomic mass is 127. The lowest BCUT2D eigenvalue weighted by atomic mass is 9.98. The van der Waals surface area contributed by atoms with Gasteiger partial charge in [-0.25, -0.2) is 0 Å². The molecule has 2 aromatic carbocycles. The number of benzene rings is 2. The van der Waals surface area contributed by atoms with Crippen LogP contribution in [0.4, 0.5) is 0 Å². The molecule has 0 N–H and O–H groups in total. The molecule has 0 saturated carbocycles.